The molecule has 0 spiro atoms. The largest absolute Gasteiger partial charge is 0.499 e. The zero-order chi connectivity index (χ0) is 28.6. The van der Waals surface area contributed by atoms with Crippen LogP contribution < -0.4 is 5.19 Å². The summed E-state index contributed by atoms with van der Waals surface area (Å²) in [6, 6.07) is 26.6. The van der Waals surface area contributed by atoms with E-state index in [1.165, 1.54) is 30.0 Å². The molecule has 0 fully saturated rings. The topological polar surface area (TPSA) is 51.8 Å². The van der Waals surface area contributed by atoms with Crippen LogP contribution >= 0.6 is 0 Å². The Morgan fingerprint density at radius 2 is 1.62 bits per heavy atom. The first kappa shape index (κ1) is 30.0. The van der Waals surface area contributed by atoms with Crippen LogP contribution in [0, 0.1) is 26.0 Å². The van der Waals surface area contributed by atoms with Gasteiger partial charge in [0.15, 0.2) is 0 Å². The Morgan fingerprint density at radius 1 is 0.833 bits per heavy atom. The fourth-order valence-corrected chi connectivity index (χ4v) is 7.50. The van der Waals surface area contributed by atoms with Crippen molar-refractivity contribution >= 4 is 35.2 Å². The number of hydrogen-bond donors (Lipinski definition) is 0. The molecule has 2 aromatic carbocycles. The summed E-state index contributed by atoms with van der Waals surface area (Å²) < 4.78 is 6.10. The van der Waals surface area contributed by atoms with Crippen LogP contribution in [0.15, 0.2) is 77.5 Å². The summed E-state index contributed by atoms with van der Waals surface area (Å²) in [5.74, 6) is 0. The molecule has 0 amide bonds. The maximum Gasteiger partial charge on any atom is 0.142 e. The number of furan rings is 1. The average molecular weight is 746 g/mol. The number of pyridine rings is 3. The third kappa shape index (κ3) is 6.03. The molecule has 0 bridgehead atoms. The van der Waals surface area contributed by atoms with Crippen molar-refractivity contribution < 1.29 is 24.5 Å². The van der Waals surface area contributed by atoms with E-state index < -0.39 is 8.07 Å². The number of aromatic nitrogens is 3. The Balaban J connectivity index is 0.000000228. The Kier molecular flexibility index (Phi) is 8.88. The van der Waals surface area contributed by atoms with Crippen LogP contribution in [0.5, 0.6) is 0 Å². The molecule has 4 nitrogen and oxygen atoms in total. The summed E-state index contributed by atoms with van der Waals surface area (Å²) in [7, 11) is -1.41. The Labute approximate surface area is 263 Å². The Morgan fingerprint density at radius 3 is 2.33 bits per heavy atom. The number of hydrogen-bond acceptors (Lipinski definition) is 4. The van der Waals surface area contributed by atoms with Gasteiger partial charge in [-0.15, -0.1) is 59.7 Å². The normalized spacial score (nSPS) is 12.8. The standard InChI is InChI=1S/C25H27N2OSi.C11H8N.Ir/c1-15-12-21-20-13-17(10-11-22(20)28-25(21)16(2)27-15)24-19-9-7-6-8-18(19)23(14-26-24)29(3,4)5;1-2-6-10(7-3-1)11-8-4-5-9-12-11;/h11-14H,6-9H2,1-5H3;1-6,8-9H;/q2*-1;. The fourth-order valence-electron chi connectivity index (χ4n) is 5.87. The van der Waals surface area contributed by atoms with E-state index in [4.69, 9.17) is 9.40 Å². The summed E-state index contributed by atoms with van der Waals surface area (Å²) in [6.45, 7) is 11.3. The Bertz CT molecular complexity index is 1810. The van der Waals surface area contributed by atoms with Crippen LogP contribution in [-0.4, -0.2) is 23.0 Å². The molecule has 0 atom stereocenters. The molecule has 1 aliphatic rings. The van der Waals surface area contributed by atoms with Crippen LogP contribution in [-0.2, 0) is 32.9 Å². The van der Waals surface area contributed by atoms with E-state index in [2.05, 4.69) is 60.1 Å². The second kappa shape index (κ2) is 12.4. The molecule has 4 heterocycles. The van der Waals surface area contributed by atoms with Crippen LogP contribution in [0.3, 0.4) is 0 Å². The van der Waals surface area contributed by atoms with E-state index >= 15 is 0 Å². The number of fused-ring (bicyclic) bond motifs is 4. The summed E-state index contributed by atoms with van der Waals surface area (Å²) in [5.41, 5.74) is 10.9. The van der Waals surface area contributed by atoms with E-state index in [0.717, 1.165) is 62.3 Å². The van der Waals surface area contributed by atoms with Crippen molar-refractivity contribution in [2.24, 2.45) is 0 Å². The molecule has 7 rings (SSSR count). The third-order valence-corrected chi connectivity index (χ3v) is 9.85. The molecule has 0 aliphatic heterocycles. The van der Waals surface area contributed by atoms with Crippen LogP contribution in [0.4, 0.5) is 0 Å². The van der Waals surface area contributed by atoms with Crippen LogP contribution in [0.25, 0.3) is 44.5 Å². The number of nitrogens with zero attached hydrogens (tertiary/aromatic N) is 3. The zero-order valence-electron chi connectivity index (χ0n) is 24.8. The predicted octanol–water partition coefficient (Wildman–Crippen LogP) is 8.43. The van der Waals surface area contributed by atoms with E-state index in [9.17, 15) is 0 Å². The van der Waals surface area contributed by atoms with Gasteiger partial charge in [-0.25, -0.2) is 0 Å². The predicted molar refractivity (Wildman–Crippen MR) is 171 cm³/mol. The first-order chi connectivity index (χ1) is 19.8. The molecule has 1 radical (unpaired) electrons. The quantitative estimate of drug-likeness (QED) is 0.135. The first-order valence-corrected chi connectivity index (χ1v) is 17.9. The van der Waals surface area contributed by atoms with Crippen molar-refractivity contribution in [3.8, 4) is 22.5 Å². The maximum absolute atomic E-state index is 6.10. The van der Waals surface area contributed by atoms with Gasteiger partial charge in [-0.3, -0.25) is 4.98 Å². The Hall–Kier alpha value is -3.44. The summed E-state index contributed by atoms with van der Waals surface area (Å²) in [6.07, 6.45) is 8.79. The molecule has 0 unspecified atom stereocenters. The van der Waals surface area contributed by atoms with Gasteiger partial charge in [0.1, 0.15) is 5.58 Å². The first-order valence-electron chi connectivity index (χ1n) is 14.4. The molecule has 4 aromatic heterocycles. The maximum atomic E-state index is 6.10. The molecule has 6 heteroatoms. The second-order valence-electron chi connectivity index (χ2n) is 11.9. The molecular weight excluding hydrogens is 711 g/mol. The van der Waals surface area contributed by atoms with Gasteiger partial charge in [-0.2, -0.15) is 0 Å². The van der Waals surface area contributed by atoms with E-state index in [1.54, 1.807) is 11.8 Å². The third-order valence-electron chi connectivity index (χ3n) is 7.80. The summed E-state index contributed by atoms with van der Waals surface area (Å²) in [4.78, 5) is 13.8. The molecule has 1 aliphatic carbocycles. The molecule has 0 saturated heterocycles. The molecule has 0 saturated carbocycles. The van der Waals surface area contributed by atoms with Crippen molar-refractivity contribution in [1.29, 1.82) is 0 Å². The minimum Gasteiger partial charge on any atom is -0.499 e. The van der Waals surface area contributed by atoms with Crippen molar-refractivity contribution in [1.82, 2.24) is 15.0 Å². The minimum absolute atomic E-state index is 0. The average Bonchev–Trinajstić information content (AvgIpc) is 3.35. The van der Waals surface area contributed by atoms with Crippen molar-refractivity contribution in [3.05, 3.63) is 108 Å². The fraction of sp³-hybridized carbons (Fsp3) is 0.250. The number of aryl methyl sites for hydroxylation is 2. The molecule has 6 aromatic rings. The van der Waals surface area contributed by atoms with Gasteiger partial charge in [0.2, 0.25) is 0 Å². The van der Waals surface area contributed by atoms with Gasteiger partial charge >= 0.3 is 0 Å². The van der Waals surface area contributed by atoms with Gasteiger partial charge < -0.3 is 14.4 Å². The van der Waals surface area contributed by atoms with Crippen molar-refractivity contribution in [2.75, 3.05) is 0 Å². The monoisotopic (exact) mass is 746 g/mol. The minimum atomic E-state index is -1.41. The second-order valence-corrected chi connectivity index (χ2v) is 16.9. The van der Waals surface area contributed by atoms with Crippen molar-refractivity contribution in [3.63, 3.8) is 0 Å². The van der Waals surface area contributed by atoms with Gasteiger partial charge in [0.05, 0.1) is 19.4 Å². The zero-order valence-corrected chi connectivity index (χ0v) is 28.2. The summed E-state index contributed by atoms with van der Waals surface area (Å²) >= 11 is 0. The molecule has 42 heavy (non-hydrogen) atoms. The number of benzene rings is 2. The van der Waals surface area contributed by atoms with Gasteiger partial charge in [-0.05, 0) is 68.2 Å². The molecule has 0 N–H and O–H groups in total. The van der Waals surface area contributed by atoms with Gasteiger partial charge in [0, 0.05) is 43.6 Å². The SMILES string of the molecule is Cc1cc2c(oc3c[c-]c(-c4ncc([Si](C)(C)C)c5c4CCCC5)cc32)c(C)n1.[Ir].[c-]1ccccc1-c1ccccn1. The van der Waals surface area contributed by atoms with Crippen molar-refractivity contribution in [2.45, 2.75) is 59.2 Å². The van der Waals surface area contributed by atoms with Gasteiger partial charge in [0.25, 0.3) is 0 Å². The van der Waals surface area contributed by atoms with E-state index in [0.29, 0.717) is 0 Å². The van der Waals surface area contributed by atoms with Crippen LogP contribution in [0.2, 0.25) is 19.6 Å². The molecule has 215 valence electrons. The van der Waals surface area contributed by atoms with E-state index in [1.807, 2.05) is 62.4 Å². The van der Waals surface area contributed by atoms with E-state index in [-0.39, 0.29) is 20.1 Å². The summed E-state index contributed by atoms with van der Waals surface area (Å²) in [5, 5.41) is 3.79. The molecular formula is C36H35IrN3OSi-2. The van der Waals surface area contributed by atoms with Crippen LogP contribution in [0.1, 0.15) is 35.4 Å². The number of rotatable bonds is 3. The smallest absolute Gasteiger partial charge is 0.142 e. The van der Waals surface area contributed by atoms with Gasteiger partial charge in [-0.1, -0.05) is 48.3 Å².